The lowest BCUT2D eigenvalue weighted by Gasteiger charge is -2.27. The second-order valence-electron chi connectivity index (χ2n) is 5.95. The van der Waals surface area contributed by atoms with Gasteiger partial charge in [-0.1, -0.05) is 30.0 Å². The van der Waals surface area contributed by atoms with Gasteiger partial charge in [-0.2, -0.15) is 4.99 Å². The van der Waals surface area contributed by atoms with Crippen molar-refractivity contribution in [2.24, 2.45) is 4.99 Å². The Balaban J connectivity index is 1.56. The number of aryl methyl sites for hydroxylation is 1. The first kappa shape index (κ1) is 16.1. The Morgan fingerprint density at radius 2 is 2.04 bits per heavy atom. The van der Waals surface area contributed by atoms with E-state index in [0.717, 1.165) is 42.3 Å². The van der Waals surface area contributed by atoms with Crippen molar-refractivity contribution < 1.29 is 9.59 Å². The van der Waals surface area contributed by atoms with Gasteiger partial charge in [0.25, 0.3) is 5.91 Å². The van der Waals surface area contributed by atoms with Gasteiger partial charge >= 0.3 is 0 Å². The molecule has 5 nitrogen and oxygen atoms in total. The van der Waals surface area contributed by atoms with Crippen LogP contribution in [0.25, 0.3) is 0 Å². The lowest BCUT2D eigenvalue weighted by molar-refractivity contribution is -0.121. The molecule has 0 radical (unpaired) electrons. The molecule has 1 atom stereocenters. The molecule has 0 aliphatic carbocycles. The molecule has 2 aliphatic heterocycles. The summed E-state index contributed by atoms with van der Waals surface area (Å²) in [5.41, 5.74) is 1.81. The van der Waals surface area contributed by atoms with Crippen LogP contribution in [0.3, 0.4) is 0 Å². The van der Waals surface area contributed by atoms with Crippen molar-refractivity contribution in [3.05, 3.63) is 29.8 Å². The number of amidine groups is 1. The normalized spacial score (nSPS) is 21.3. The monoisotopic (exact) mass is 331 g/mol. The summed E-state index contributed by atoms with van der Waals surface area (Å²) in [5, 5.41) is 3.29. The van der Waals surface area contributed by atoms with Crippen molar-refractivity contribution in [2.45, 2.75) is 37.9 Å². The third-order valence-electron chi connectivity index (χ3n) is 4.15. The number of para-hydroxylation sites is 1. The highest BCUT2D eigenvalue weighted by atomic mass is 32.2. The summed E-state index contributed by atoms with van der Waals surface area (Å²) in [4.78, 5) is 30.6. The first-order valence-corrected chi connectivity index (χ1v) is 8.91. The second kappa shape index (κ2) is 7.17. The molecule has 2 heterocycles. The van der Waals surface area contributed by atoms with Crippen LogP contribution >= 0.6 is 11.8 Å². The quantitative estimate of drug-likeness (QED) is 0.925. The van der Waals surface area contributed by atoms with E-state index >= 15 is 0 Å². The Hall–Kier alpha value is -1.82. The first-order valence-electron chi connectivity index (χ1n) is 8.03. The van der Waals surface area contributed by atoms with E-state index in [0.29, 0.717) is 0 Å². The van der Waals surface area contributed by atoms with Crippen LogP contribution in [0.15, 0.2) is 29.3 Å². The molecule has 2 amide bonds. The van der Waals surface area contributed by atoms with Gasteiger partial charge < -0.3 is 10.2 Å². The summed E-state index contributed by atoms with van der Waals surface area (Å²) in [7, 11) is 0. The smallest absolute Gasteiger partial charge is 0.262 e. The Morgan fingerprint density at radius 3 is 2.78 bits per heavy atom. The maximum absolute atomic E-state index is 12.2. The van der Waals surface area contributed by atoms with E-state index < -0.39 is 5.25 Å². The molecule has 0 saturated carbocycles. The topological polar surface area (TPSA) is 61.8 Å². The Morgan fingerprint density at radius 1 is 1.30 bits per heavy atom. The van der Waals surface area contributed by atoms with E-state index in [1.165, 1.54) is 18.2 Å². The number of hydrogen-bond acceptors (Lipinski definition) is 4. The van der Waals surface area contributed by atoms with Crippen LogP contribution < -0.4 is 5.32 Å². The van der Waals surface area contributed by atoms with Gasteiger partial charge in [-0.05, 0) is 37.8 Å². The standard InChI is InChI=1S/C17H21N3O2S/c1-12-7-3-4-8-13(12)18-15(21)11-14-16(22)19-17(23-14)20-9-5-2-6-10-20/h3-4,7-8,14H,2,5-6,9-11H2,1H3,(H,18,21)/t14-/m0/s1. The highest BCUT2D eigenvalue weighted by Crippen LogP contribution is 2.29. The number of carbonyl (C=O) groups is 2. The Kier molecular flexibility index (Phi) is 5.00. The summed E-state index contributed by atoms with van der Waals surface area (Å²) >= 11 is 1.43. The van der Waals surface area contributed by atoms with Crippen LogP contribution in [0.4, 0.5) is 5.69 Å². The van der Waals surface area contributed by atoms with Crippen LogP contribution in [0.2, 0.25) is 0 Å². The average molecular weight is 331 g/mol. The second-order valence-corrected chi connectivity index (χ2v) is 7.12. The molecule has 1 N–H and O–H groups in total. The number of hydrogen-bond donors (Lipinski definition) is 1. The molecule has 23 heavy (non-hydrogen) atoms. The summed E-state index contributed by atoms with van der Waals surface area (Å²) in [5.74, 6) is -0.323. The van der Waals surface area contributed by atoms with Crippen molar-refractivity contribution in [1.29, 1.82) is 0 Å². The summed E-state index contributed by atoms with van der Waals surface area (Å²) < 4.78 is 0. The average Bonchev–Trinajstić information content (AvgIpc) is 2.91. The van der Waals surface area contributed by atoms with E-state index in [-0.39, 0.29) is 18.2 Å². The zero-order valence-electron chi connectivity index (χ0n) is 13.2. The van der Waals surface area contributed by atoms with Gasteiger partial charge in [-0.25, -0.2) is 0 Å². The molecule has 6 heteroatoms. The molecule has 0 spiro atoms. The number of nitrogens with one attached hydrogen (secondary N) is 1. The Bertz CT molecular complexity index is 638. The van der Waals surface area contributed by atoms with Crippen molar-refractivity contribution in [1.82, 2.24) is 4.90 Å². The first-order chi connectivity index (χ1) is 11.1. The fourth-order valence-electron chi connectivity index (χ4n) is 2.81. The van der Waals surface area contributed by atoms with Crippen molar-refractivity contribution in [3.8, 4) is 0 Å². The molecule has 2 aliphatic rings. The maximum Gasteiger partial charge on any atom is 0.262 e. The third-order valence-corrected chi connectivity index (χ3v) is 5.36. The van der Waals surface area contributed by atoms with Crippen molar-refractivity contribution in [2.75, 3.05) is 18.4 Å². The molecule has 1 aromatic rings. The predicted octanol–water partition coefficient (Wildman–Crippen LogP) is 2.81. The molecule has 1 fully saturated rings. The van der Waals surface area contributed by atoms with E-state index in [4.69, 9.17) is 0 Å². The molecule has 1 aromatic carbocycles. The van der Waals surface area contributed by atoms with Gasteiger partial charge in [0.2, 0.25) is 5.91 Å². The number of benzene rings is 1. The number of aliphatic imine (C=N–C) groups is 1. The molecular formula is C17H21N3O2S. The van der Waals surface area contributed by atoms with Gasteiger partial charge in [0.1, 0.15) is 5.25 Å². The molecular weight excluding hydrogens is 310 g/mol. The van der Waals surface area contributed by atoms with Gasteiger partial charge in [-0.15, -0.1) is 0 Å². The van der Waals surface area contributed by atoms with Gasteiger partial charge in [0.15, 0.2) is 5.17 Å². The lowest BCUT2D eigenvalue weighted by atomic mass is 10.1. The van der Waals surface area contributed by atoms with Crippen LogP contribution in [-0.4, -0.2) is 40.2 Å². The number of anilines is 1. The van der Waals surface area contributed by atoms with Crippen LogP contribution in [0.1, 0.15) is 31.2 Å². The number of thioether (sulfide) groups is 1. The highest BCUT2D eigenvalue weighted by molar-refractivity contribution is 8.15. The Labute approximate surface area is 140 Å². The molecule has 0 aromatic heterocycles. The largest absolute Gasteiger partial charge is 0.351 e. The zero-order chi connectivity index (χ0) is 16.2. The summed E-state index contributed by atoms with van der Waals surface area (Å²) in [6, 6.07) is 7.63. The van der Waals surface area contributed by atoms with Gasteiger partial charge in [-0.3, -0.25) is 9.59 Å². The molecule has 0 unspecified atom stereocenters. The van der Waals surface area contributed by atoms with Crippen molar-refractivity contribution >= 4 is 34.4 Å². The molecule has 0 bridgehead atoms. The SMILES string of the molecule is Cc1ccccc1NC(=O)C[C@@H]1SC(N2CCCCC2)=NC1=O. The van der Waals surface area contributed by atoms with Crippen LogP contribution in [-0.2, 0) is 9.59 Å². The number of carbonyl (C=O) groups excluding carboxylic acids is 2. The van der Waals surface area contributed by atoms with Gasteiger partial charge in [0.05, 0.1) is 0 Å². The summed E-state index contributed by atoms with van der Waals surface area (Å²) in [6.07, 6.45) is 3.70. The lowest BCUT2D eigenvalue weighted by Crippen LogP contribution is -2.33. The number of nitrogens with zero attached hydrogens (tertiary/aromatic N) is 2. The third kappa shape index (κ3) is 3.93. The number of amides is 2. The molecule has 3 rings (SSSR count). The maximum atomic E-state index is 12.2. The fraction of sp³-hybridized carbons (Fsp3) is 0.471. The number of likely N-dealkylation sites (tertiary alicyclic amines) is 1. The predicted molar refractivity (Wildman–Crippen MR) is 93.7 cm³/mol. The molecule has 122 valence electrons. The zero-order valence-corrected chi connectivity index (χ0v) is 14.1. The van der Waals surface area contributed by atoms with Gasteiger partial charge in [0, 0.05) is 25.2 Å². The van der Waals surface area contributed by atoms with Crippen LogP contribution in [0.5, 0.6) is 0 Å². The number of rotatable bonds is 3. The number of piperidine rings is 1. The van der Waals surface area contributed by atoms with Crippen molar-refractivity contribution in [3.63, 3.8) is 0 Å². The fourth-order valence-corrected chi connectivity index (χ4v) is 3.93. The highest BCUT2D eigenvalue weighted by Gasteiger charge is 2.33. The van der Waals surface area contributed by atoms with E-state index in [1.54, 1.807) is 0 Å². The van der Waals surface area contributed by atoms with E-state index in [1.807, 2.05) is 31.2 Å². The van der Waals surface area contributed by atoms with E-state index in [2.05, 4.69) is 15.2 Å². The minimum Gasteiger partial charge on any atom is -0.351 e. The minimum atomic E-state index is -0.393. The van der Waals surface area contributed by atoms with E-state index in [9.17, 15) is 9.59 Å². The minimum absolute atomic E-state index is 0.139. The summed E-state index contributed by atoms with van der Waals surface area (Å²) in [6.45, 7) is 3.87. The molecule has 1 saturated heterocycles. The van der Waals surface area contributed by atoms with Crippen LogP contribution in [0, 0.1) is 6.92 Å².